The summed E-state index contributed by atoms with van der Waals surface area (Å²) in [6, 6.07) is 8.88. The molecule has 0 radical (unpaired) electrons. The number of nitrogens with one attached hydrogen (secondary N) is 1. The first-order valence-corrected chi connectivity index (χ1v) is 6.14. The number of hydrogen-bond donors (Lipinski definition) is 1. The average Bonchev–Trinajstić information content (AvgIpc) is 2.75. The van der Waals surface area contributed by atoms with Gasteiger partial charge in [-0.25, -0.2) is 0 Å². The van der Waals surface area contributed by atoms with Crippen molar-refractivity contribution < 1.29 is 0 Å². The zero-order valence-corrected chi connectivity index (χ0v) is 9.87. The highest BCUT2D eigenvalue weighted by atomic mass is 14.9. The van der Waals surface area contributed by atoms with Crippen LogP contribution in [0, 0.1) is 12.3 Å². The molecule has 1 aliphatic carbocycles. The Kier molecular flexibility index (Phi) is 3.64. The first kappa shape index (κ1) is 11.2. The van der Waals surface area contributed by atoms with E-state index in [9.17, 15) is 0 Å². The highest BCUT2D eigenvalue weighted by Gasteiger charge is 2.27. The van der Waals surface area contributed by atoms with Gasteiger partial charge < -0.3 is 5.32 Å². The highest BCUT2D eigenvalue weighted by Crippen LogP contribution is 2.35. The zero-order chi connectivity index (χ0) is 11.4. The molecular weight excluding hydrogens is 194 g/mol. The molecule has 0 fully saturated rings. The predicted octanol–water partition coefficient (Wildman–Crippen LogP) is 2.72. The van der Waals surface area contributed by atoms with E-state index in [0.717, 1.165) is 13.0 Å². The Morgan fingerprint density at radius 3 is 3.06 bits per heavy atom. The predicted molar refractivity (Wildman–Crippen MR) is 68.4 cm³/mol. The summed E-state index contributed by atoms with van der Waals surface area (Å²) in [5.41, 5.74) is 2.93. The molecule has 0 saturated carbocycles. The molecule has 1 aromatic carbocycles. The Bertz CT molecular complexity index is 389. The smallest absolute Gasteiger partial charge is 0.0756 e. The zero-order valence-electron chi connectivity index (χ0n) is 9.87. The summed E-state index contributed by atoms with van der Waals surface area (Å²) >= 11 is 0. The summed E-state index contributed by atoms with van der Waals surface area (Å²) < 4.78 is 0. The van der Waals surface area contributed by atoms with Crippen molar-refractivity contribution in [1.82, 2.24) is 5.32 Å². The lowest BCUT2D eigenvalue weighted by Crippen LogP contribution is -2.33. The molecule has 0 aromatic heterocycles. The SMILES string of the molecule is C#CC(NCCC)C1CCc2ccccc21. The van der Waals surface area contributed by atoms with Gasteiger partial charge in [0.25, 0.3) is 0 Å². The van der Waals surface area contributed by atoms with E-state index in [0.29, 0.717) is 5.92 Å². The molecule has 2 unspecified atom stereocenters. The van der Waals surface area contributed by atoms with Gasteiger partial charge in [0.15, 0.2) is 0 Å². The molecule has 1 heteroatoms. The average molecular weight is 213 g/mol. The van der Waals surface area contributed by atoms with Crippen molar-refractivity contribution in [3.05, 3.63) is 35.4 Å². The minimum atomic E-state index is 0.198. The summed E-state index contributed by atoms with van der Waals surface area (Å²) in [4.78, 5) is 0. The standard InChI is InChI=1S/C15H19N/c1-3-11-16-15(4-2)14-10-9-12-7-5-6-8-13(12)14/h2,5-8,14-16H,3,9-11H2,1H3. The largest absolute Gasteiger partial charge is 0.303 e. The fraction of sp³-hybridized carbons (Fsp3) is 0.467. The number of rotatable bonds is 4. The summed E-state index contributed by atoms with van der Waals surface area (Å²) in [6.45, 7) is 3.18. The quantitative estimate of drug-likeness (QED) is 0.758. The van der Waals surface area contributed by atoms with Crippen molar-refractivity contribution in [3.8, 4) is 12.3 Å². The molecule has 0 saturated heterocycles. The number of aryl methyl sites for hydroxylation is 1. The number of hydrogen-bond acceptors (Lipinski definition) is 1. The minimum absolute atomic E-state index is 0.198. The van der Waals surface area contributed by atoms with Crippen molar-refractivity contribution in [2.75, 3.05) is 6.54 Å². The van der Waals surface area contributed by atoms with Crippen molar-refractivity contribution in [1.29, 1.82) is 0 Å². The fourth-order valence-electron chi connectivity index (χ4n) is 2.55. The second-order valence-corrected chi connectivity index (χ2v) is 4.44. The maximum absolute atomic E-state index is 5.64. The van der Waals surface area contributed by atoms with Crippen molar-refractivity contribution in [3.63, 3.8) is 0 Å². The van der Waals surface area contributed by atoms with Crippen molar-refractivity contribution in [2.24, 2.45) is 0 Å². The van der Waals surface area contributed by atoms with E-state index in [4.69, 9.17) is 6.42 Å². The minimum Gasteiger partial charge on any atom is -0.303 e. The van der Waals surface area contributed by atoms with Crippen molar-refractivity contribution >= 4 is 0 Å². The Labute approximate surface area is 98.3 Å². The monoisotopic (exact) mass is 213 g/mol. The van der Waals surface area contributed by atoms with Crippen LogP contribution in [-0.4, -0.2) is 12.6 Å². The van der Waals surface area contributed by atoms with E-state index in [1.807, 2.05) is 0 Å². The third kappa shape index (κ3) is 2.13. The van der Waals surface area contributed by atoms with Gasteiger partial charge in [-0.15, -0.1) is 6.42 Å². The van der Waals surface area contributed by atoms with Crippen molar-refractivity contribution in [2.45, 2.75) is 38.1 Å². The topological polar surface area (TPSA) is 12.0 Å². The highest BCUT2D eigenvalue weighted by molar-refractivity contribution is 5.37. The van der Waals surface area contributed by atoms with Crippen LogP contribution in [0.15, 0.2) is 24.3 Å². The van der Waals surface area contributed by atoms with Gasteiger partial charge in [0, 0.05) is 5.92 Å². The molecule has 0 aliphatic heterocycles. The van der Waals surface area contributed by atoms with Gasteiger partial charge in [0.1, 0.15) is 0 Å². The summed E-state index contributed by atoms with van der Waals surface area (Å²) in [6.07, 6.45) is 9.13. The van der Waals surface area contributed by atoms with E-state index in [1.54, 1.807) is 0 Å². The summed E-state index contributed by atoms with van der Waals surface area (Å²) in [5.74, 6) is 3.42. The maximum Gasteiger partial charge on any atom is 0.0756 e. The Balaban J connectivity index is 2.14. The van der Waals surface area contributed by atoms with Crippen LogP contribution in [0.2, 0.25) is 0 Å². The lowest BCUT2D eigenvalue weighted by atomic mass is 9.93. The molecule has 84 valence electrons. The van der Waals surface area contributed by atoms with E-state index in [1.165, 1.54) is 24.0 Å². The van der Waals surface area contributed by atoms with Crippen LogP contribution < -0.4 is 5.32 Å². The number of terminal acetylenes is 1. The van der Waals surface area contributed by atoms with Crippen LogP contribution in [0.5, 0.6) is 0 Å². The fourth-order valence-corrected chi connectivity index (χ4v) is 2.55. The van der Waals surface area contributed by atoms with Crippen LogP contribution in [0.4, 0.5) is 0 Å². The van der Waals surface area contributed by atoms with Gasteiger partial charge in [-0.3, -0.25) is 0 Å². The third-order valence-corrected chi connectivity index (χ3v) is 3.38. The van der Waals surface area contributed by atoms with Gasteiger partial charge in [-0.2, -0.15) is 0 Å². The summed E-state index contributed by atoms with van der Waals surface area (Å²) in [5, 5.41) is 3.47. The lowest BCUT2D eigenvalue weighted by Gasteiger charge is -2.20. The Hall–Kier alpha value is -1.26. The van der Waals surface area contributed by atoms with Crippen LogP contribution in [0.3, 0.4) is 0 Å². The van der Waals surface area contributed by atoms with E-state index in [-0.39, 0.29) is 6.04 Å². The third-order valence-electron chi connectivity index (χ3n) is 3.38. The lowest BCUT2D eigenvalue weighted by molar-refractivity contribution is 0.505. The molecule has 0 amide bonds. The van der Waals surface area contributed by atoms with Gasteiger partial charge >= 0.3 is 0 Å². The molecule has 0 heterocycles. The molecule has 0 spiro atoms. The number of fused-ring (bicyclic) bond motifs is 1. The van der Waals surface area contributed by atoms with Gasteiger partial charge in [0.2, 0.25) is 0 Å². The molecule has 1 N–H and O–H groups in total. The second-order valence-electron chi connectivity index (χ2n) is 4.44. The summed E-state index contributed by atoms with van der Waals surface area (Å²) in [7, 11) is 0. The molecule has 1 nitrogen and oxygen atoms in total. The Morgan fingerprint density at radius 1 is 1.50 bits per heavy atom. The van der Waals surface area contributed by atoms with Crippen LogP contribution in [-0.2, 0) is 6.42 Å². The van der Waals surface area contributed by atoms with Gasteiger partial charge in [-0.1, -0.05) is 37.1 Å². The first-order chi connectivity index (χ1) is 7.86. The molecule has 1 aliphatic rings. The molecule has 1 aromatic rings. The van der Waals surface area contributed by atoms with E-state index in [2.05, 4.69) is 42.4 Å². The van der Waals surface area contributed by atoms with E-state index >= 15 is 0 Å². The van der Waals surface area contributed by atoms with Crippen LogP contribution in [0.25, 0.3) is 0 Å². The maximum atomic E-state index is 5.64. The normalized spacial score (nSPS) is 20.1. The molecule has 16 heavy (non-hydrogen) atoms. The Morgan fingerprint density at radius 2 is 2.31 bits per heavy atom. The number of benzene rings is 1. The molecular formula is C15H19N. The molecule has 2 atom stereocenters. The molecule has 0 bridgehead atoms. The second kappa shape index (κ2) is 5.18. The van der Waals surface area contributed by atoms with E-state index < -0.39 is 0 Å². The van der Waals surface area contributed by atoms with Gasteiger partial charge in [-0.05, 0) is 36.9 Å². The van der Waals surface area contributed by atoms with Gasteiger partial charge in [0.05, 0.1) is 6.04 Å². The first-order valence-electron chi connectivity index (χ1n) is 6.14. The van der Waals surface area contributed by atoms with Crippen LogP contribution in [0.1, 0.15) is 36.8 Å². The van der Waals surface area contributed by atoms with Crippen LogP contribution >= 0.6 is 0 Å². The molecule has 2 rings (SSSR count).